The summed E-state index contributed by atoms with van der Waals surface area (Å²) in [5.74, 6) is 0.765. The Balaban J connectivity index is 1.74. The third kappa shape index (κ3) is 5.34. The zero-order valence-electron chi connectivity index (χ0n) is 12.7. The maximum atomic E-state index is 12.8. The highest BCUT2D eigenvalue weighted by Gasteiger charge is 2.20. The summed E-state index contributed by atoms with van der Waals surface area (Å²) in [6.45, 7) is 0. The molecule has 1 saturated carbocycles. The Bertz CT molecular complexity index is 441. The number of hydrogen-bond donors (Lipinski definition) is 0. The molecule has 1 aliphatic carbocycles. The van der Waals surface area contributed by atoms with Crippen molar-refractivity contribution in [3.8, 4) is 0 Å². The molecule has 0 unspecified atom stereocenters. The van der Waals surface area contributed by atoms with Crippen molar-refractivity contribution in [2.45, 2.75) is 55.9 Å². The standard InChI is InChI=1S/C17H24FNOS/c1-19(15-6-4-2-3-5-7-15)17(20)12-13-21-16-10-8-14(18)9-11-16/h8-11,15H,2-7,12-13H2,1H3. The van der Waals surface area contributed by atoms with E-state index in [1.165, 1.54) is 37.8 Å². The highest BCUT2D eigenvalue weighted by molar-refractivity contribution is 7.99. The Kier molecular flexibility index (Phi) is 6.55. The van der Waals surface area contributed by atoms with E-state index in [0.717, 1.165) is 23.5 Å². The lowest BCUT2D eigenvalue weighted by molar-refractivity contribution is -0.131. The van der Waals surface area contributed by atoms with Gasteiger partial charge in [-0.05, 0) is 37.1 Å². The van der Waals surface area contributed by atoms with Crippen LogP contribution in [0.1, 0.15) is 44.9 Å². The van der Waals surface area contributed by atoms with E-state index in [1.54, 1.807) is 23.9 Å². The first-order chi connectivity index (χ1) is 10.2. The molecule has 0 N–H and O–H groups in total. The van der Waals surface area contributed by atoms with E-state index in [9.17, 15) is 9.18 Å². The van der Waals surface area contributed by atoms with Crippen LogP contribution in [0.15, 0.2) is 29.2 Å². The van der Waals surface area contributed by atoms with Gasteiger partial charge in [-0.25, -0.2) is 4.39 Å². The molecule has 0 saturated heterocycles. The Morgan fingerprint density at radius 2 is 1.81 bits per heavy atom. The van der Waals surface area contributed by atoms with Crippen molar-refractivity contribution in [1.29, 1.82) is 0 Å². The summed E-state index contributed by atoms with van der Waals surface area (Å²) in [5.41, 5.74) is 0. The van der Waals surface area contributed by atoms with Crippen LogP contribution in [-0.4, -0.2) is 29.6 Å². The van der Waals surface area contributed by atoms with E-state index >= 15 is 0 Å². The number of benzene rings is 1. The molecule has 4 heteroatoms. The van der Waals surface area contributed by atoms with Crippen molar-refractivity contribution in [3.05, 3.63) is 30.1 Å². The molecule has 1 fully saturated rings. The molecule has 1 aliphatic rings. The van der Waals surface area contributed by atoms with Crippen molar-refractivity contribution in [2.24, 2.45) is 0 Å². The molecule has 0 aliphatic heterocycles. The van der Waals surface area contributed by atoms with Gasteiger partial charge < -0.3 is 4.90 Å². The zero-order valence-corrected chi connectivity index (χ0v) is 13.5. The van der Waals surface area contributed by atoms with Crippen molar-refractivity contribution < 1.29 is 9.18 Å². The molecule has 2 nitrogen and oxygen atoms in total. The van der Waals surface area contributed by atoms with Gasteiger partial charge in [0, 0.05) is 30.2 Å². The smallest absolute Gasteiger partial charge is 0.223 e. The minimum atomic E-state index is -0.219. The van der Waals surface area contributed by atoms with Crippen LogP contribution in [0.2, 0.25) is 0 Å². The fraction of sp³-hybridized carbons (Fsp3) is 0.588. The Hall–Kier alpha value is -1.03. The van der Waals surface area contributed by atoms with Gasteiger partial charge in [-0.2, -0.15) is 0 Å². The summed E-state index contributed by atoms with van der Waals surface area (Å²) < 4.78 is 12.8. The number of halogens is 1. The van der Waals surface area contributed by atoms with Gasteiger partial charge in [0.05, 0.1) is 0 Å². The molecule has 0 radical (unpaired) electrons. The summed E-state index contributed by atoms with van der Waals surface area (Å²) in [6, 6.07) is 6.87. The lowest BCUT2D eigenvalue weighted by Gasteiger charge is -2.27. The van der Waals surface area contributed by atoms with Gasteiger partial charge in [-0.15, -0.1) is 11.8 Å². The van der Waals surface area contributed by atoms with Crippen LogP contribution in [0.5, 0.6) is 0 Å². The first-order valence-electron chi connectivity index (χ1n) is 7.81. The largest absolute Gasteiger partial charge is 0.343 e. The number of hydrogen-bond acceptors (Lipinski definition) is 2. The highest BCUT2D eigenvalue weighted by Crippen LogP contribution is 2.23. The minimum absolute atomic E-state index is 0.219. The predicted octanol–water partition coefficient (Wildman–Crippen LogP) is 4.49. The molecular weight excluding hydrogens is 285 g/mol. The van der Waals surface area contributed by atoms with Gasteiger partial charge in [0.25, 0.3) is 0 Å². The average Bonchev–Trinajstić information content (AvgIpc) is 2.77. The van der Waals surface area contributed by atoms with E-state index in [2.05, 4.69) is 0 Å². The average molecular weight is 309 g/mol. The Labute approximate surface area is 131 Å². The second kappa shape index (κ2) is 8.42. The number of amides is 1. The van der Waals surface area contributed by atoms with Gasteiger partial charge in [0.2, 0.25) is 5.91 Å². The summed E-state index contributed by atoms with van der Waals surface area (Å²) in [7, 11) is 1.95. The normalized spacial score (nSPS) is 16.5. The van der Waals surface area contributed by atoms with Crippen LogP contribution < -0.4 is 0 Å². The first-order valence-corrected chi connectivity index (χ1v) is 8.79. The maximum absolute atomic E-state index is 12.8. The summed E-state index contributed by atoms with van der Waals surface area (Å²) >= 11 is 1.61. The number of carbonyl (C=O) groups excluding carboxylic acids is 1. The SMILES string of the molecule is CN(C(=O)CCSc1ccc(F)cc1)C1CCCCCC1. The van der Waals surface area contributed by atoms with E-state index in [0.29, 0.717) is 12.5 Å². The molecule has 116 valence electrons. The number of rotatable bonds is 5. The highest BCUT2D eigenvalue weighted by atomic mass is 32.2. The molecule has 2 rings (SSSR count). The van der Waals surface area contributed by atoms with Crippen LogP contribution in [0.3, 0.4) is 0 Å². The van der Waals surface area contributed by atoms with Crippen molar-refractivity contribution >= 4 is 17.7 Å². The zero-order chi connectivity index (χ0) is 15.1. The molecule has 1 aromatic carbocycles. The Morgan fingerprint density at radius 1 is 1.19 bits per heavy atom. The van der Waals surface area contributed by atoms with Gasteiger partial charge in [-0.1, -0.05) is 25.7 Å². The van der Waals surface area contributed by atoms with Crippen LogP contribution in [0.4, 0.5) is 4.39 Å². The van der Waals surface area contributed by atoms with Crippen molar-refractivity contribution in [1.82, 2.24) is 4.90 Å². The van der Waals surface area contributed by atoms with Crippen molar-refractivity contribution in [3.63, 3.8) is 0 Å². The van der Waals surface area contributed by atoms with Crippen molar-refractivity contribution in [2.75, 3.05) is 12.8 Å². The predicted molar refractivity (Wildman–Crippen MR) is 86.0 cm³/mol. The topological polar surface area (TPSA) is 20.3 Å². The lowest BCUT2D eigenvalue weighted by Crippen LogP contribution is -2.36. The lowest BCUT2D eigenvalue weighted by atomic mass is 10.1. The van der Waals surface area contributed by atoms with Gasteiger partial charge in [-0.3, -0.25) is 4.79 Å². The summed E-state index contributed by atoms with van der Waals surface area (Å²) in [5, 5.41) is 0. The third-order valence-electron chi connectivity index (χ3n) is 4.16. The molecule has 21 heavy (non-hydrogen) atoms. The molecule has 1 aromatic rings. The molecule has 0 aromatic heterocycles. The van der Waals surface area contributed by atoms with Gasteiger partial charge in [0.15, 0.2) is 0 Å². The van der Waals surface area contributed by atoms with Crippen LogP contribution in [0, 0.1) is 5.82 Å². The second-order valence-electron chi connectivity index (χ2n) is 5.70. The molecule has 0 atom stereocenters. The van der Waals surface area contributed by atoms with Crippen LogP contribution in [-0.2, 0) is 4.79 Å². The van der Waals surface area contributed by atoms with E-state index < -0.39 is 0 Å². The monoisotopic (exact) mass is 309 g/mol. The first kappa shape index (κ1) is 16.3. The summed E-state index contributed by atoms with van der Waals surface area (Å²) in [6.07, 6.45) is 7.94. The van der Waals surface area contributed by atoms with E-state index in [4.69, 9.17) is 0 Å². The molecule has 0 spiro atoms. The van der Waals surface area contributed by atoms with Crippen LogP contribution in [0.25, 0.3) is 0 Å². The number of nitrogens with zero attached hydrogens (tertiary/aromatic N) is 1. The fourth-order valence-corrected chi connectivity index (χ4v) is 3.65. The molecule has 0 heterocycles. The summed E-state index contributed by atoms with van der Waals surface area (Å²) in [4.78, 5) is 15.2. The van der Waals surface area contributed by atoms with Gasteiger partial charge in [0.1, 0.15) is 5.82 Å². The quantitative estimate of drug-likeness (QED) is 0.590. The Morgan fingerprint density at radius 3 is 2.43 bits per heavy atom. The van der Waals surface area contributed by atoms with Crippen LogP contribution >= 0.6 is 11.8 Å². The molecule has 0 bridgehead atoms. The van der Waals surface area contributed by atoms with E-state index in [1.807, 2.05) is 11.9 Å². The molecular formula is C17H24FNOS. The van der Waals surface area contributed by atoms with Gasteiger partial charge >= 0.3 is 0 Å². The second-order valence-corrected chi connectivity index (χ2v) is 6.87. The third-order valence-corrected chi connectivity index (χ3v) is 5.18. The minimum Gasteiger partial charge on any atom is -0.343 e. The van der Waals surface area contributed by atoms with E-state index in [-0.39, 0.29) is 11.7 Å². The molecule has 1 amide bonds. The fourth-order valence-electron chi connectivity index (χ4n) is 2.81. The number of carbonyl (C=O) groups is 1. The maximum Gasteiger partial charge on any atom is 0.223 e. The number of thioether (sulfide) groups is 1.